The molecule has 0 saturated heterocycles. The summed E-state index contributed by atoms with van der Waals surface area (Å²) in [6.07, 6.45) is 3.75. The number of hydrogen-bond donors (Lipinski definition) is 1. The molecule has 0 radical (unpaired) electrons. The van der Waals surface area contributed by atoms with Crippen molar-refractivity contribution in [1.29, 1.82) is 0 Å². The summed E-state index contributed by atoms with van der Waals surface area (Å²) < 4.78 is 12.7. The van der Waals surface area contributed by atoms with Gasteiger partial charge in [-0.15, -0.1) is 0 Å². The molecule has 0 spiro atoms. The Morgan fingerprint density at radius 1 is 1.67 bits per heavy atom. The highest BCUT2D eigenvalue weighted by Gasteiger charge is 2.20. The van der Waals surface area contributed by atoms with E-state index in [1.54, 1.807) is 0 Å². The first kappa shape index (κ1) is 9.94. The highest BCUT2D eigenvalue weighted by molar-refractivity contribution is 7.17. The van der Waals surface area contributed by atoms with E-state index in [1.165, 1.54) is 0 Å². The normalized spacial score (nSPS) is 25.4. The van der Waals surface area contributed by atoms with Gasteiger partial charge >= 0.3 is 0 Å². The quantitative estimate of drug-likeness (QED) is 0.679. The molecule has 0 aromatic rings. The maximum atomic E-state index is 12.7. The first-order chi connectivity index (χ1) is 5.59. The third-order valence-corrected chi connectivity index (χ3v) is 2.11. The third-order valence-electron chi connectivity index (χ3n) is 1.69. The molecular formula is C8H16FN2P. The zero-order valence-corrected chi connectivity index (χ0v) is 8.65. The van der Waals surface area contributed by atoms with Crippen LogP contribution in [0.15, 0.2) is 12.3 Å². The summed E-state index contributed by atoms with van der Waals surface area (Å²) in [7, 11) is 2.16. The maximum absolute atomic E-state index is 12.7. The molecule has 0 aliphatic carbocycles. The fraction of sp³-hybridized carbons (Fsp3) is 0.750. The molecule has 0 amide bonds. The van der Waals surface area contributed by atoms with Crippen LogP contribution in [0.3, 0.4) is 0 Å². The molecule has 3 unspecified atom stereocenters. The molecule has 3 atom stereocenters. The number of rotatable bonds is 3. The Kier molecular flexibility index (Phi) is 3.48. The Bertz CT molecular complexity index is 170. The number of alkyl halides is 1. The van der Waals surface area contributed by atoms with Gasteiger partial charge in [0.1, 0.15) is 5.91 Å². The average molecular weight is 190 g/mol. The largest absolute Gasteiger partial charge is 0.315 e. The van der Waals surface area contributed by atoms with Crippen molar-refractivity contribution < 1.29 is 4.39 Å². The number of nitrogens with zero attached hydrogens (tertiary/aromatic N) is 1. The van der Waals surface area contributed by atoms with Crippen molar-refractivity contribution in [3.8, 4) is 0 Å². The van der Waals surface area contributed by atoms with E-state index in [9.17, 15) is 4.39 Å². The van der Waals surface area contributed by atoms with Crippen LogP contribution in [-0.2, 0) is 0 Å². The smallest absolute Gasteiger partial charge is 0.134 e. The molecule has 0 aromatic carbocycles. The molecule has 12 heavy (non-hydrogen) atoms. The lowest BCUT2D eigenvalue weighted by Gasteiger charge is -2.21. The summed E-state index contributed by atoms with van der Waals surface area (Å²) >= 11 is 0. The van der Waals surface area contributed by atoms with Gasteiger partial charge in [-0.3, -0.25) is 0 Å². The molecular weight excluding hydrogens is 174 g/mol. The van der Waals surface area contributed by atoms with E-state index in [1.807, 2.05) is 17.3 Å². The summed E-state index contributed by atoms with van der Waals surface area (Å²) in [5.41, 5.74) is 3.05. The van der Waals surface area contributed by atoms with Crippen LogP contribution in [0.2, 0.25) is 0 Å². The van der Waals surface area contributed by atoms with Crippen molar-refractivity contribution >= 4 is 9.24 Å². The van der Waals surface area contributed by atoms with E-state index in [-0.39, 0.29) is 6.04 Å². The molecule has 0 fully saturated rings. The van der Waals surface area contributed by atoms with Crippen LogP contribution < -0.4 is 5.43 Å². The number of hydrazine groups is 1. The van der Waals surface area contributed by atoms with Crippen LogP contribution in [0.4, 0.5) is 4.39 Å². The Morgan fingerprint density at radius 3 is 2.75 bits per heavy atom. The van der Waals surface area contributed by atoms with Gasteiger partial charge in [0, 0.05) is 12.7 Å². The van der Waals surface area contributed by atoms with Crippen molar-refractivity contribution in [2.75, 3.05) is 6.54 Å². The van der Waals surface area contributed by atoms with Crippen LogP contribution in [0, 0.1) is 5.92 Å². The summed E-state index contributed by atoms with van der Waals surface area (Å²) in [5, 5.41) is 1.94. The van der Waals surface area contributed by atoms with Gasteiger partial charge in [0.05, 0.1) is 6.04 Å². The Morgan fingerprint density at radius 2 is 2.33 bits per heavy atom. The van der Waals surface area contributed by atoms with Gasteiger partial charge in [-0.1, -0.05) is 23.1 Å². The third kappa shape index (κ3) is 2.72. The summed E-state index contributed by atoms with van der Waals surface area (Å²) in [4.78, 5) is 0. The molecule has 1 rings (SSSR count). The molecule has 1 aliphatic heterocycles. The van der Waals surface area contributed by atoms with Crippen molar-refractivity contribution in [2.45, 2.75) is 25.8 Å². The van der Waals surface area contributed by atoms with Gasteiger partial charge in [0.25, 0.3) is 0 Å². The zero-order valence-electron chi connectivity index (χ0n) is 7.50. The van der Waals surface area contributed by atoms with E-state index in [4.69, 9.17) is 0 Å². The molecule has 2 nitrogen and oxygen atoms in total. The Hall–Kier alpha value is -0.140. The standard InChI is InChI=1S/C8H16FN2P/c1-6(2)5-11-4-3-7(10-11)8(9)12/h3-4,6-8,10H,5,12H2,1-2H3. The summed E-state index contributed by atoms with van der Waals surface area (Å²) in [5.74, 6) is -0.318. The van der Waals surface area contributed by atoms with Crippen LogP contribution >= 0.6 is 9.24 Å². The van der Waals surface area contributed by atoms with Crippen molar-refractivity contribution in [1.82, 2.24) is 10.4 Å². The molecule has 1 aliphatic rings. The number of nitrogens with one attached hydrogen (secondary N) is 1. The highest BCUT2D eigenvalue weighted by atomic mass is 31.0. The fourth-order valence-electron chi connectivity index (χ4n) is 1.16. The van der Waals surface area contributed by atoms with Gasteiger partial charge in [0.15, 0.2) is 0 Å². The minimum absolute atomic E-state index is 0.172. The van der Waals surface area contributed by atoms with Gasteiger partial charge in [0.2, 0.25) is 0 Å². The zero-order chi connectivity index (χ0) is 9.14. The van der Waals surface area contributed by atoms with Gasteiger partial charge in [-0.2, -0.15) is 0 Å². The molecule has 0 bridgehead atoms. The van der Waals surface area contributed by atoms with E-state index < -0.39 is 5.91 Å². The van der Waals surface area contributed by atoms with E-state index in [2.05, 4.69) is 28.5 Å². The Balaban J connectivity index is 2.32. The van der Waals surface area contributed by atoms with E-state index in [0.29, 0.717) is 5.92 Å². The van der Waals surface area contributed by atoms with Gasteiger partial charge in [-0.25, -0.2) is 9.82 Å². The molecule has 70 valence electrons. The van der Waals surface area contributed by atoms with Gasteiger partial charge < -0.3 is 5.01 Å². The van der Waals surface area contributed by atoms with Crippen LogP contribution in [0.5, 0.6) is 0 Å². The van der Waals surface area contributed by atoms with Crippen molar-refractivity contribution in [3.05, 3.63) is 12.3 Å². The molecule has 1 N–H and O–H groups in total. The highest BCUT2D eigenvalue weighted by Crippen LogP contribution is 2.14. The topological polar surface area (TPSA) is 15.3 Å². The van der Waals surface area contributed by atoms with E-state index >= 15 is 0 Å². The first-order valence-electron chi connectivity index (χ1n) is 4.20. The predicted molar refractivity (Wildman–Crippen MR) is 52.2 cm³/mol. The number of hydrogen-bond acceptors (Lipinski definition) is 2. The molecule has 4 heteroatoms. The van der Waals surface area contributed by atoms with Crippen LogP contribution in [0.1, 0.15) is 13.8 Å². The summed E-state index contributed by atoms with van der Waals surface area (Å²) in [6.45, 7) is 5.19. The van der Waals surface area contributed by atoms with E-state index in [0.717, 1.165) is 6.54 Å². The Labute approximate surface area is 75.4 Å². The second-order valence-electron chi connectivity index (χ2n) is 3.49. The lowest BCUT2D eigenvalue weighted by atomic mass is 10.2. The van der Waals surface area contributed by atoms with Crippen molar-refractivity contribution in [3.63, 3.8) is 0 Å². The first-order valence-corrected chi connectivity index (χ1v) is 4.87. The predicted octanol–water partition coefficient (Wildman–Crippen LogP) is 1.52. The maximum Gasteiger partial charge on any atom is 0.134 e. The average Bonchev–Trinajstić information content (AvgIpc) is 2.34. The van der Waals surface area contributed by atoms with Gasteiger partial charge in [-0.05, 0) is 12.0 Å². The second kappa shape index (κ2) is 4.20. The SMILES string of the molecule is CC(C)CN1C=CC(C(F)P)N1. The number of halogens is 1. The second-order valence-corrected chi connectivity index (χ2v) is 4.12. The lowest BCUT2D eigenvalue weighted by Crippen LogP contribution is -2.40. The van der Waals surface area contributed by atoms with Crippen molar-refractivity contribution in [2.24, 2.45) is 5.92 Å². The monoisotopic (exact) mass is 190 g/mol. The lowest BCUT2D eigenvalue weighted by molar-refractivity contribution is 0.222. The summed E-state index contributed by atoms with van der Waals surface area (Å²) in [6, 6.07) is -0.172. The fourth-order valence-corrected chi connectivity index (χ4v) is 1.37. The van der Waals surface area contributed by atoms with Crippen LogP contribution in [-0.4, -0.2) is 23.5 Å². The molecule has 1 heterocycles. The van der Waals surface area contributed by atoms with Crippen LogP contribution in [0.25, 0.3) is 0 Å². The molecule has 0 saturated carbocycles. The minimum atomic E-state index is -0.904. The molecule has 0 aromatic heterocycles. The minimum Gasteiger partial charge on any atom is -0.315 e.